The molecule has 0 atom stereocenters. The third-order valence-corrected chi connectivity index (χ3v) is 8.90. The van der Waals surface area contributed by atoms with Gasteiger partial charge in [-0.3, -0.25) is 9.59 Å². The number of amides is 2. The summed E-state index contributed by atoms with van der Waals surface area (Å²) in [5.74, 6) is -0.411. The summed E-state index contributed by atoms with van der Waals surface area (Å²) in [6, 6.07) is 13.0. The van der Waals surface area contributed by atoms with Gasteiger partial charge in [-0.05, 0) is 73.4 Å². The smallest absolute Gasteiger partial charge is 0.243 e. The number of nitrogens with one attached hydrogen (secondary N) is 1. The molecule has 2 aromatic rings. The first-order valence-electron chi connectivity index (χ1n) is 12.0. The fraction of sp³-hybridized carbons (Fsp3) is 0.462. The fourth-order valence-electron chi connectivity index (χ4n) is 4.76. The SMILES string of the molecule is CC(=O)N(C)Cc1ccccc1NC(=O)C1CCN(S(=O)(=O)c2ccc3c(c2)CCCC3)CC1. The first-order chi connectivity index (χ1) is 16.3. The summed E-state index contributed by atoms with van der Waals surface area (Å²) >= 11 is 0. The van der Waals surface area contributed by atoms with Gasteiger partial charge in [-0.2, -0.15) is 4.31 Å². The van der Waals surface area contributed by atoms with E-state index in [4.69, 9.17) is 0 Å². The van der Waals surface area contributed by atoms with Crippen LogP contribution < -0.4 is 5.32 Å². The minimum Gasteiger partial charge on any atom is -0.342 e. The van der Waals surface area contributed by atoms with E-state index in [1.54, 1.807) is 18.0 Å². The number of benzene rings is 2. The molecule has 34 heavy (non-hydrogen) atoms. The molecule has 0 radical (unpaired) electrons. The van der Waals surface area contributed by atoms with E-state index in [1.165, 1.54) is 16.8 Å². The highest BCUT2D eigenvalue weighted by Crippen LogP contribution is 2.29. The van der Waals surface area contributed by atoms with Gasteiger partial charge >= 0.3 is 0 Å². The van der Waals surface area contributed by atoms with Crippen molar-refractivity contribution in [2.45, 2.75) is 56.9 Å². The van der Waals surface area contributed by atoms with Crippen LogP contribution in [-0.2, 0) is 39.0 Å². The lowest BCUT2D eigenvalue weighted by Crippen LogP contribution is -2.41. The van der Waals surface area contributed by atoms with E-state index >= 15 is 0 Å². The zero-order valence-corrected chi connectivity index (χ0v) is 20.7. The quantitative estimate of drug-likeness (QED) is 0.680. The number of carbonyl (C=O) groups is 2. The van der Waals surface area contributed by atoms with Crippen LogP contribution in [0.2, 0.25) is 0 Å². The van der Waals surface area contributed by atoms with Gasteiger partial charge in [0.15, 0.2) is 0 Å². The van der Waals surface area contributed by atoms with Crippen molar-refractivity contribution in [3.8, 4) is 0 Å². The molecule has 0 unspecified atom stereocenters. The van der Waals surface area contributed by atoms with Crippen molar-refractivity contribution in [3.63, 3.8) is 0 Å². The number of aryl methyl sites for hydroxylation is 2. The molecule has 0 aromatic heterocycles. The highest BCUT2D eigenvalue weighted by molar-refractivity contribution is 7.89. The Labute approximate surface area is 202 Å². The molecule has 1 aliphatic heterocycles. The average molecular weight is 484 g/mol. The lowest BCUT2D eigenvalue weighted by Gasteiger charge is -2.31. The normalized spacial score (nSPS) is 17.1. The number of hydrogen-bond acceptors (Lipinski definition) is 4. The molecule has 1 fully saturated rings. The van der Waals surface area contributed by atoms with Crippen LogP contribution in [0.5, 0.6) is 0 Å². The first-order valence-corrected chi connectivity index (χ1v) is 13.4. The number of anilines is 1. The van der Waals surface area contributed by atoms with Crippen molar-refractivity contribution in [2.75, 3.05) is 25.5 Å². The van der Waals surface area contributed by atoms with Gasteiger partial charge in [0.2, 0.25) is 21.8 Å². The second-order valence-electron chi connectivity index (χ2n) is 9.34. The molecule has 1 N–H and O–H groups in total. The monoisotopic (exact) mass is 483 g/mol. The molecule has 0 saturated carbocycles. The summed E-state index contributed by atoms with van der Waals surface area (Å²) in [6.07, 6.45) is 5.17. The van der Waals surface area contributed by atoms with Crippen LogP contribution in [-0.4, -0.2) is 49.6 Å². The zero-order valence-electron chi connectivity index (χ0n) is 19.9. The molecule has 1 heterocycles. The van der Waals surface area contributed by atoms with Crippen LogP contribution >= 0.6 is 0 Å². The minimum absolute atomic E-state index is 0.0476. The van der Waals surface area contributed by atoms with Crippen LogP contribution in [0.1, 0.15) is 49.3 Å². The van der Waals surface area contributed by atoms with Gasteiger partial charge in [-0.25, -0.2) is 8.42 Å². The van der Waals surface area contributed by atoms with Crippen LogP contribution in [0.4, 0.5) is 5.69 Å². The van der Waals surface area contributed by atoms with Crippen LogP contribution in [0.25, 0.3) is 0 Å². The molecule has 2 aromatic carbocycles. The molecule has 1 aliphatic carbocycles. The standard InChI is InChI=1S/C26H33N3O4S/c1-19(30)28(2)18-23-9-5-6-10-25(23)27-26(31)21-13-15-29(16-14-21)34(32,33)24-12-11-20-7-3-4-8-22(20)17-24/h5-6,9-12,17,21H,3-4,7-8,13-16,18H2,1-2H3,(H,27,31). The predicted molar refractivity (Wildman–Crippen MR) is 132 cm³/mol. The number of hydrogen-bond donors (Lipinski definition) is 1. The topological polar surface area (TPSA) is 86.8 Å². The second-order valence-corrected chi connectivity index (χ2v) is 11.3. The van der Waals surface area contributed by atoms with E-state index in [2.05, 4.69) is 5.32 Å². The molecule has 4 rings (SSSR count). The number of fused-ring (bicyclic) bond motifs is 1. The number of sulfonamides is 1. The largest absolute Gasteiger partial charge is 0.342 e. The van der Waals surface area contributed by atoms with Crippen molar-refractivity contribution in [1.82, 2.24) is 9.21 Å². The zero-order chi connectivity index (χ0) is 24.3. The van der Waals surface area contributed by atoms with Crippen LogP contribution in [0, 0.1) is 5.92 Å². The second kappa shape index (κ2) is 10.3. The summed E-state index contributed by atoms with van der Waals surface area (Å²) in [7, 11) is -1.85. The summed E-state index contributed by atoms with van der Waals surface area (Å²) in [4.78, 5) is 26.5. The number of rotatable bonds is 6. The average Bonchev–Trinajstić information content (AvgIpc) is 2.84. The van der Waals surface area contributed by atoms with Crippen molar-refractivity contribution in [1.29, 1.82) is 0 Å². The van der Waals surface area contributed by atoms with Gasteiger partial charge in [-0.15, -0.1) is 0 Å². The molecule has 2 aliphatic rings. The molecule has 8 heteroatoms. The highest BCUT2D eigenvalue weighted by Gasteiger charge is 2.32. The Morgan fingerprint density at radius 1 is 1.03 bits per heavy atom. The Bertz CT molecular complexity index is 1170. The van der Waals surface area contributed by atoms with Crippen LogP contribution in [0.15, 0.2) is 47.4 Å². The Morgan fingerprint density at radius 3 is 2.41 bits per heavy atom. The van der Waals surface area contributed by atoms with Gasteiger partial charge in [0.25, 0.3) is 0 Å². The molecule has 0 spiro atoms. The van der Waals surface area contributed by atoms with E-state index in [9.17, 15) is 18.0 Å². The summed E-state index contributed by atoms with van der Waals surface area (Å²) in [5, 5.41) is 3.00. The number of para-hydroxylation sites is 1. The molecular weight excluding hydrogens is 450 g/mol. The van der Waals surface area contributed by atoms with Gasteiger partial charge in [0.1, 0.15) is 0 Å². The number of piperidine rings is 1. The Hall–Kier alpha value is -2.71. The minimum atomic E-state index is -3.57. The maximum Gasteiger partial charge on any atom is 0.243 e. The molecule has 2 amide bonds. The number of carbonyl (C=O) groups excluding carboxylic acids is 2. The maximum absolute atomic E-state index is 13.2. The van der Waals surface area contributed by atoms with Gasteiger partial charge in [0, 0.05) is 45.2 Å². The Balaban J connectivity index is 1.38. The lowest BCUT2D eigenvalue weighted by molar-refractivity contribution is -0.128. The third-order valence-electron chi connectivity index (χ3n) is 7.00. The first kappa shape index (κ1) is 24.4. The molecule has 1 saturated heterocycles. The molecule has 7 nitrogen and oxygen atoms in total. The van der Waals surface area contributed by atoms with Crippen molar-refractivity contribution in [2.24, 2.45) is 5.92 Å². The fourth-order valence-corrected chi connectivity index (χ4v) is 6.28. The van der Waals surface area contributed by atoms with Crippen molar-refractivity contribution < 1.29 is 18.0 Å². The predicted octanol–water partition coefficient (Wildman–Crippen LogP) is 3.58. The van der Waals surface area contributed by atoms with Gasteiger partial charge < -0.3 is 10.2 Å². The summed E-state index contributed by atoms with van der Waals surface area (Å²) < 4.78 is 28.0. The number of nitrogens with zero attached hydrogens (tertiary/aromatic N) is 2. The molecule has 0 bridgehead atoms. The van der Waals surface area contributed by atoms with E-state index in [0.717, 1.165) is 36.8 Å². The van der Waals surface area contributed by atoms with E-state index < -0.39 is 10.0 Å². The Morgan fingerprint density at radius 2 is 1.71 bits per heavy atom. The Kier molecular flexibility index (Phi) is 7.38. The highest BCUT2D eigenvalue weighted by atomic mass is 32.2. The maximum atomic E-state index is 13.2. The molecular formula is C26H33N3O4S. The van der Waals surface area contributed by atoms with E-state index in [1.807, 2.05) is 36.4 Å². The van der Waals surface area contributed by atoms with Gasteiger partial charge in [-0.1, -0.05) is 24.3 Å². The van der Waals surface area contributed by atoms with Gasteiger partial charge in [0.05, 0.1) is 4.90 Å². The molecule has 182 valence electrons. The lowest BCUT2D eigenvalue weighted by atomic mass is 9.92. The van der Waals surface area contributed by atoms with E-state index in [-0.39, 0.29) is 17.7 Å². The van der Waals surface area contributed by atoms with Crippen LogP contribution in [0.3, 0.4) is 0 Å². The van der Waals surface area contributed by atoms with Crippen molar-refractivity contribution in [3.05, 3.63) is 59.2 Å². The summed E-state index contributed by atoms with van der Waals surface area (Å²) in [6.45, 7) is 2.56. The third kappa shape index (κ3) is 5.33. The van der Waals surface area contributed by atoms with Crippen molar-refractivity contribution >= 4 is 27.5 Å². The van der Waals surface area contributed by atoms with E-state index in [0.29, 0.717) is 43.1 Å². The summed E-state index contributed by atoms with van der Waals surface area (Å²) in [5.41, 5.74) is 3.96.